The number of carbonyl (C=O) groups is 1. The summed E-state index contributed by atoms with van der Waals surface area (Å²) in [6, 6.07) is 14.3. The van der Waals surface area contributed by atoms with E-state index in [4.69, 9.17) is 11.6 Å². The van der Waals surface area contributed by atoms with Crippen molar-refractivity contribution in [3.8, 4) is 5.69 Å². The van der Waals surface area contributed by atoms with Gasteiger partial charge in [0, 0.05) is 22.1 Å². The minimum absolute atomic E-state index is 0.183. The maximum absolute atomic E-state index is 13.9. The Bertz CT molecular complexity index is 1170. The van der Waals surface area contributed by atoms with Gasteiger partial charge in [0.15, 0.2) is 5.50 Å². The van der Waals surface area contributed by atoms with E-state index in [1.165, 1.54) is 17.8 Å². The number of para-hydroxylation sites is 1. The Kier molecular flexibility index (Phi) is 5.62. The molecule has 0 saturated carbocycles. The van der Waals surface area contributed by atoms with E-state index in [2.05, 4.69) is 15.2 Å². The van der Waals surface area contributed by atoms with Gasteiger partial charge in [-0.1, -0.05) is 41.6 Å². The molecule has 0 aliphatic carbocycles. The second-order valence-corrected chi connectivity index (χ2v) is 8.70. The number of nitrogens with one attached hydrogen (secondary N) is 2. The van der Waals surface area contributed by atoms with Crippen molar-refractivity contribution in [2.75, 3.05) is 5.32 Å². The Labute approximate surface area is 184 Å². The second-order valence-electron chi connectivity index (χ2n) is 7.15. The summed E-state index contributed by atoms with van der Waals surface area (Å²) in [5.74, 6) is -0.539. The molecule has 0 spiro atoms. The smallest absolute Gasteiger partial charge is 0.260 e. The van der Waals surface area contributed by atoms with Gasteiger partial charge >= 0.3 is 0 Å². The molecule has 4 nitrogen and oxygen atoms in total. The highest BCUT2D eigenvalue weighted by molar-refractivity contribution is 8.05. The summed E-state index contributed by atoms with van der Waals surface area (Å²) in [6.07, 6.45) is 1.88. The molecule has 3 aromatic rings. The van der Waals surface area contributed by atoms with E-state index in [0.29, 0.717) is 15.6 Å². The van der Waals surface area contributed by atoms with E-state index in [-0.39, 0.29) is 11.7 Å². The Morgan fingerprint density at radius 1 is 1.17 bits per heavy atom. The van der Waals surface area contributed by atoms with Gasteiger partial charge in [-0.05, 0) is 68.3 Å². The lowest BCUT2D eigenvalue weighted by atomic mass is 10.2. The van der Waals surface area contributed by atoms with Gasteiger partial charge in [0.2, 0.25) is 0 Å². The van der Waals surface area contributed by atoms with E-state index in [1.807, 2.05) is 51.1 Å². The number of halogens is 2. The molecular formula is C23H21ClFN3OS. The zero-order valence-electron chi connectivity index (χ0n) is 16.8. The Hall–Kier alpha value is -2.70. The van der Waals surface area contributed by atoms with Crippen LogP contribution < -0.4 is 10.6 Å². The van der Waals surface area contributed by atoms with E-state index in [0.717, 1.165) is 28.2 Å². The molecule has 2 N–H and O–H groups in total. The number of aryl methyl sites for hydroxylation is 1. The largest absolute Gasteiger partial charge is 0.354 e. The molecule has 2 heterocycles. The molecule has 1 aliphatic heterocycles. The highest BCUT2D eigenvalue weighted by Crippen LogP contribution is 2.33. The van der Waals surface area contributed by atoms with Crippen molar-refractivity contribution >= 4 is 41.0 Å². The number of benzene rings is 2. The number of hydrogen-bond acceptors (Lipinski definition) is 3. The summed E-state index contributed by atoms with van der Waals surface area (Å²) < 4.78 is 16.0. The Morgan fingerprint density at radius 2 is 1.93 bits per heavy atom. The molecule has 0 radical (unpaired) electrons. The predicted molar refractivity (Wildman–Crippen MR) is 123 cm³/mol. The molecule has 1 aromatic heterocycles. The van der Waals surface area contributed by atoms with E-state index < -0.39 is 5.50 Å². The number of rotatable bonds is 4. The maximum atomic E-state index is 13.9. The molecule has 1 unspecified atom stereocenters. The van der Waals surface area contributed by atoms with Crippen LogP contribution in [-0.2, 0) is 4.79 Å². The van der Waals surface area contributed by atoms with E-state index >= 15 is 0 Å². The fourth-order valence-electron chi connectivity index (χ4n) is 3.57. The van der Waals surface area contributed by atoms with Gasteiger partial charge in [-0.3, -0.25) is 4.79 Å². The monoisotopic (exact) mass is 441 g/mol. The molecule has 1 saturated heterocycles. The van der Waals surface area contributed by atoms with Crippen LogP contribution in [-0.4, -0.2) is 16.0 Å². The molecule has 1 atom stereocenters. The number of nitrogens with zero attached hydrogens (tertiary/aromatic N) is 1. The lowest BCUT2D eigenvalue weighted by molar-refractivity contribution is -0.116. The van der Waals surface area contributed by atoms with Crippen molar-refractivity contribution in [2.45, 2.75) is 26.3 Å². The molecule has 154 valence electrons. The predicted octanol–water partition coefficient (Wildman–Crippen LogP) is 5.79. The third-order valence-electron chi connectivity index (χ3n) is 5.13. The molecule has 2 aromatic carbocycles. The Morgan fingerprint density at radius 3 is 2.70 bits per heavy atom. The highest BCUT2D eigenvalue weighted by Gasteiger charge is 2.28. The van der Waals surface area contributed by atoms with Crippen molar-refractivity contribution in [2.24, 2.45) is 0 Å². The van der Waals surface area contributed by atoms with Crippen molar-refractivity contribution in [3.05, 3.63) is 86.8 Å². The molecule has 1 aliphatic rings. The van der Waals surface area contributed by atoms with E-state index in [1.54, 1.807) is 18.2 Å². The summed E-state index contributed by atoms with van der Waals surface area (Å²) in [5.41, 5.74) is 4.96. The topological polar surface area (TPSA) is 46.1 Å². The first-order chi connectivity index (χ1) is 14.3. The van der Waals surface area contributed by atoms with Crippen molar-refractivity contribution < 1.29 is 9.18 Å². The highest BCUT2D eigenvalue weighted by atomic mass is 35.5. The fraction of sp³-hybridized carbons (Fsp3) is 0.174. The number of aromatic nitrogens is 1. The van der Waals surface area contributed by atoms with Crippen LogP contribution in [0.25, 0.3) is 11.8 Å². The van der Waals surface area contributed by atoms with Crippen molar-refractivity contribution in [1.82, 2.24) is 9.88 Å². The zero-order valence-corrected chi connectivity index (χ0v) is 18.4. The summed E-state index contributed by atoms with van der Waals surface area (Å²) in [5, 5.41) is 6.58. The second kappa shape index (κ2) is 8.20. The van der Waals surface area contributed by atoms with Crippen molar-refractivity contribution in [1.29, 1.82) is 0 Å². The van der Waals surface area contributed by atoms with Crippen LogP contribution in [0, 0.1) is 26.6 Å². The third kappa shape index (κ3) is 3.85. The normalized spacial score (nSPS) is 17.4. The van der Waals surface area contributed by atoms with Crippen LogP contribution in [0.3, 0.4) is 0 Å². The molecule has 4 rings (SSSR count). The van der Waals surface area contributed by atoms with Crippen molar-refractivity contribution in [3.63, 3.8) is 0 Å². The summed E-state index contributed by atoms with van der Waals surface area (Å²) in [4.78, 5) is 13.1. The number of hydrogen-bond donors (Lipinski definition) is 2. The maximum Gasteiger partial charge on any atom is 0.260 e. The standard InChI is InChI=1S/C23H21ClFN3OS/c1-13-11-16(15(3)28(13)20-10-6-7-17(24)14(20)2)12-21-22(29)27-23(30-21)26-19-9-5-4-8-18(19)25/h4-12,23,26H,1-3H3,(H,27,29)/b21-12-. The Balaban J connectivity index is 1.62. The van der Waals surface area contributed by atoms with Gasteiger partial charge in [0.1, 0.15) is 5.82 Å². The SMILES string of the molecule is Cc1c(Cl)cccc1-n1c(C)cc(/C=C2\SC(Nc3ccccc3F)NC2=O)c1C. The molecule has 0 bridgehead atoms. The van der Waals surface area contributed by atoms with Gasteiger partial charge < -0.3 is 15.2 Å². The molecule has 1 amide bonds. The van der Waals surface area contributed by atoms with Crippen LogP contribution in [0.1, 0.15) is 22.5 Å². The third-order valence-corrected chi connectivity index (χ3v) is 6.57. The van der Waals surface area contributed by atoms with Crippen LogP contribution in [0.4, 0.5) is 10.1 Å². The zero-order chi connectivity index (χ0) is 21.4. The minimum Gasteiger partial charge on any atom is -0.354 e. The first kappa shape index (κ1) is 20.6. The fourth-order valence-corrected chi connectivity index (χ4v) is 4.71. The first-order valence-corrected chi connectivity index (χ1v) is 10.8. The first-order valence-electron chi connectivity index (χ1n) is 9.50. The minimum atomic E-state index is -0.431. The number of carbonyl (C=O) groups excluding carboxylic acids is 1. The van der Waals surface area contributed by atoms with Gasteiger partial charge in [-0.25, -0.2) is 4.39 Å². The van der Waals surface area contributed by atoms with Gasteiger partial charge in [-0.2, -0.15) is 0 Å². The van der Waals surface area contributed by atoms with Crippen LogP contribution in [0.2, 0.25) is 5.02 Å². The lowest BCUT2D eigenvalue weighted by Crippen LogP contribution is -2.31. The number of anilines is 1. The van der Waals surface area contributed by atoms with Gasteiger partial charge in [-0.15, -0.1) is 0 Å². The average Bonchev–Trinajstić information content (AvgIpc) is 3.18. The summed E-state index contributed by atoms with van der Waals surface area (Å²) >= 11 is 7.64. The van der Waals surface area contributed by atoms with Gasteiger partial charge in [0.05, 0.1) is 10.6 Å². The number of amides is 1. The van der Waals surface area contributed by atoms with Crippen LogP contribution >= 0.6 is 23.4 Å². The lowest BCUT2D eigenvalue weighted by Gasteiger charge is -2.13. The van der Waals surface area contributed by atoms with Crippen LogP contribution in [0.5, 0.6) is 0 Å². The van der Waals surface area contributed by atoms with Gasteiger partial charge in [0.25, 0.3) is 5.91 Å². The number of thioether (sulfide) groups is 1. The molecular weight excluding hydrogens is 421 g/mol. The van der Waals surface area contributed by atoms with Crippen LogP contribution in [0.15, 0.2) is 53.4 Å². The molecule has 30 heavy (non-hydrogen) atoms. The molecule has 1 fully saturated rings. The van der Waals surface area contributed by atoms with E-state index in [9.17, 15) is 9.18 Å². The quantitative estimate of drug-likeness (QED) is 0.503. The summed E-state index contributed by atoms with van der Waals surface area (Å²) in [7, 11) is 0. The average molecular weight is 442 g/mol. The molecule has 7 heteroatoms. The summed E-state index contributed by atoms with van der Waals surface area (Å²) in [6.45, 7) is 6.04.